The van der Waals surface area contributed by atoms with Gasteiger partial charge in [-0.05, 0) is 18.6 Å². The van der Waals surface area contributed by atoms with Gasteiger partial charge in [0.05, 0.1) is 10.7 Å². The highest BCUT2D eigenvalue weighted by Crippen LogP contribution is 2.38. The third-order valence-electron chi connectivity index (χ3n) is 1.69. The predicted molar refractivity (Wildman–Crippen MR) is 52.4 cm³/mol. The van der Waals surface area contributed by atoms with E-state index in [9.17, 15) is 5.11 Å². The second-order valence-electron chi connectivity index (χ2n) is 2.44. The summed E-state index contributed by atoms with van der Waals surface area (Å²) in [5.41, 5.74) is 1.23. The van der Waals surface area contributed by atoms with E-state index in [1.807, 2.05) is 0 Å². The quantitative estimate of drug-likeness (QED) is 0.692. The van der Waals surface area contributed by atoms with Crippen molar-refractivity contribution in [2.24, 2.45) is 0 Å². The number of aromatic hydroxyl groups is 1. The molecule has 0 bridgehead atoms. The Hall–Kier alpha value is -0.600. The molecule has 0 aliphatic rings. The number of hydrogen-bond donors (Lipinski definition) is 2. The molecule has 2 nitrogen and oxygen atoms in total. The minimum atomic E-state index is 0.0427. The van der Waals surface area contributed by atoms with Gasteiger partial charge in [-0.25, -0.2) is 0 Å². The SMILES string of the molecule is CNc1cc(Cl)c(C)c(Cl)c1O. The summed E-state index contributed by atoms with van der Waals surface area (Å²) in [6, 6.07) is 1.64. The molecular weight excluding hydrogens is 197 g/mol. The number of phenolic OH excluding ortho intramolecular Hbond substituents is 1. The van der Waals surface area contributed by atoms with Gasteiger partial charge in [0.2, 0.25) is 0 Å². The van der Waals surface area contributed by atoms with Crippen LogP contribution in [0.4, 0.5) is 5.69 Å². The zero-order chi connectivity index (χ0) is 9.30. The van der Waals surface area contributed by atoms with Crippen molar-refractivity contribution in [1.29, 1.82) is 0 Å². The molecule has 0 aromatic heterocycles. The van der Waals surface area contributed by atoms with Gasteiger partial charge in [-0.2, -0.15) is 0 Å². The molecule has 0 saturated carbocycles. The molecule has 12 heavy (non-hydrogen) atoms. The van der Waals surface area contributed by atoms with Crippen molar-refractivity contribution in [3.05, 3.63) is 21.7 Å². The molecule has 66 valence electrons. The van der Waals surface area contributed by atoms with E-state index >= 15 is 0 Å². The summed E-state index contributed by atoms with van der Waals surface area (Å²) in [5, 5.41) is 13.1. The first-order valence-electron chi connectivity index (χ1n) is 3.43. The van der Waals surface area contributed by atoms with Crippen LogP contribution < -0.4 is 5.32 Å². The minimum absolute atomic E-state index is 0.0427. The van der Waals surface area contributed by atoms with Crippen molar-refractivity contribution >= 4 is 28.9 Å². The van der Waals surface area contributed by atoms with Gasteiger partial charge in [0, 0.05) is 12.1 Å². The maximum Gasteiger partial charge on any atom is 0.157 e. The summed E-state index contributed by atoms with van der Waals surface area (Å²) in [5.74, 6) is 0.0427. The third kappa shape index (κ3) is 1.45. The maximum atomic E-state index is 9.45. The molecule has 0 heterocycles. The van der Waals surface area contributed by atoms with Crippen LogP contribution in [0.3, 0.4) is 0 Å². The predicted octanol–water partition coefficient (Wildman–Crippen LogP) is 3.05. The number of hydrogen-bond acceptors (Lipinski definition) is 2. The topological polar surface area (TPSA) is 32.3 Å². The van der Waals surface area contributed by atoms with Gasteiger partial charge >= 0.3 is 0 Å². The van der Waals surface area contributed by atoms with Crippen LogP contribution >= 0.6 is 23.2 Å². The van der Waals surface area contributed by atoms with E-state index in [1.54, 1.807) is 20.0 Å². The number of phenols is 1. The molecule has 0 saturated heterocycles. The molecule has 2 N–H and O–H groups in total. The van der Waals surface area contributed by atoms with Crippen molar-refractivity contribution in [3.8, 4) is 5.75 Å². The lowest BCUT2D eigenvalue weighted by Crippen LogP contribution is -1.90. The lowest BCUT2D eigenvalue weighted by Gasteiger charge is -2.08. The first kappa shape index (κ1) is 9.49. The van der Waals surface area contributed by atoms with Crippen LogP contribution in [-0.2, 0) is 0 Å². The van der Waals surface area contributed by atoms with Gasteiger partial charge in [-0.15, -0.1) is 0 Å². The van der Waals surface area contributed by atoms with Crippen LogP contribution in [0, 0.1) is 6.92 Å². The van der Waals surface area contributed by atoms with Crippen molar-refractivity contribution < 1.29 is 5.11 Å². The van der Waals surface area contributed by atoms with Crippen LogP contribution in [0.1, 0.15) is 5.56 Å². The highest BCUT2D eigenvalue weighted by atomic mass is 35.5. The Morgan fingerprint density at radius 3 is 2.50 bits per heavy atom. The summed E-state index contributed by atoms with van der Waals surface area (Å²) in [6.07, 6.45) is 0. The number of rotatable bonds is 1. The summed E-state index contributed by atoms with van der Waals surface area (Å²) in [6.45, 7) is 1.75. The van der Waals surface area contributed by atoms with Crippen LogP contribution in [0.15, 0.2) is 6.07 Å². The van der Waals surface area contributed by atoms with Gasteiger partial charge in [0.25, 0.3) is 0 Å². The van der Waals surface area contributed by atoms with Crippen molar-refractivity contribution in [2.75, 3.05) is 12.4 Å². The van der Waals surface area contributed by atoms with Gasteiger partial charge < -0.3 is 10.4 Å². The van der Waals surface area contributed by atoms with Gasteiger partial charge in [-0.1, -0.05) is 23.2 Å². The highest BCUT2D eigenvalue weighted by molar-refractivity contribution is 6.37. The Kier molecular flexibility index (Phi) is 2.70. The maximum absolute atomic E-state index is 9.45. The molecule has 0 radical (unpaired) electrons. The van der Waals surface area contributed by atoms with Crippen molar-refractivity contribution in [1.82, 2.24) is 0 Å². The van der Waals surface area contributed by atoms with Gasteiger partial charge in [-0.3, -0.25) is 0 Å². The smallest absolute Gasteiger partial charge is 0.157 e. The number of anilines is 1. The highest BCUT2D eigenvalue weighted by Gasteiger charge is 2.10. The summed E-state index contributed by atoms with van der Waals surface area (Å²) in [4.78, 5) is 0. The molecule has 0 amide bonds. The Balaban J connectivity index is 3.39. The normalized spacial score (nSPS) is 10.0. The summed E-state index contributed by atoms with van der Waals surface area (Å²) in [7, 11) is 1.69. The van der Waals surface area contributed by atoms with E-state index in [0.29, 0.717) is 21.3 Å². The molecular formula is C8H9Cl2NO. The van der Waals surface area contributed by atoms with Crippen LogP contribution in [0.5, 0.6) is 5.75 Å². The monoisotopic (exact) mass is 205 g/mol. The zero-order valence-electron chi connectivity index (χ0n) is 6.78. The molecule has 1 aromatic carbocycles. The fourth-order valence-electron chi connectivity index (χ4n) is 0.895. The molecule has 4 heteroatoms. The standard InChI is InChI=1S/C8H9Cl2NO/c1-4-5(9)3-6(11-2)8(12)7(4)10/h3,11-12H,1-2H3. The average molecular weight is 206 g/mol. The third-order valence-corrected chi connectivity index (χ3v) is 2.55. The molecule has 1 rings (SSSR count). The van der Waals surface area contributed by atoms with Crippen LogP contribution in [-0.4, -0.2) is 12.2 Å². The van der Waals surface area contributed by atoms with Crippen LogP contribution in [0.2, 0.25) is 10.0 Å². The second kappa shape index (κ2) is 3.42. The Labute approximate surface area is 81.1 Å². The van der Waals surface area contributed by atoms with Crippen LogP contribution in [0.25, 0.3) is 0 Å². The lowest BCUT2D eigenvalue weighted by atomic mass is 10.2. The van der Waals surface area contributed by atoms with E-state index < -0.39 is 0 Å². The van der Waals surface area contributed by atoms with Crippen molar-refractivity contribution in [3.63, 3.8) is 0 Å². The molecule has 0 fully saturated rings. The van der Waals surface area contributed by atoms with E-state index in [1.165, 1.54) is 0 Å². The van der Waals surface area contributed by atoms with E-state index in [2.05, 4.69) is 5.32 Å². The van der Waals surface area contributed by atoms with E-state index in [4.69, 9.17) is 23.2 Å². The average Bonchev–Trinajstić information content (AvgIpc) is 2.08. The zero-order valence-corrected chi connectivity index (χ0v) is 8.29. The fraction of sp³-hybridized carbons (Fsp3) is 0.250. The Morgan fingerprint density at radius 2 is 2.00 bits per heavy atom. The Bertz CT molecular complexity index is 312. The molecule has 0 aliphatic heterocycles. The Morgan fingerprint density at radius 1 is 1.42 bits per heavy atom. The molecule has 0 spiro atoms. The lowest BCUT2D eigenvalue weighted by molar-refractivity contribution is 0.477. The minimum Gasteiger partial charge on any atom is -0.504 e. The van der Waals surface area contributed by atoms with Crippen molar-refractivity contribution in [2.45, 2.75) is 6.92 Å². The largest absolute Gasteiger partial charge is 0.504 e. The second-order valence-corrected chi connectivity index (χ2v) is 3.23. The first-order valence-corrected chi connectivity index (χ1v) is 4.18. The van der Waals surface area contributed by atoms with Gasteiger partial charge in [0.15, 0.2) is 5.75 Å². The molecule has 0 atom stereocenters. The van der Waals surface area contributed by atoms with Gasteiger partial charge in [0.1, 0.15) is 0 Å². The number of halogens is 2. The molecule has 0 unspecified atom stereocenters. The number of benzene rings is 1. The summed E-state index contributed by atoms with van der Waals surface area (Å²) < 4.78 is 0. The molecule has 1 aromatic rings. The first-order chi connectivity index (χ1) is 5.57. The summed E-state index contributed by atoms with van der Waals surface area (Å²) >= 11 is 11.6. The fourth-order valence-corrected chi connectivity index (χ4v) is 1.35. The molecule has 0 aliphatic carbocycles. The van der Waals surface area contributed by atoms with E-state index in [0.717, 1.165) is 0 Å². The number of nitrogens with one attached hydrogen (secondary N) is 1. The van der Waals surface area contributed by atoms with E-state index in [-0.39, 0.29) is 5.75 Å².